The third kappa shape index (κ3) is 2.49. The van der Waals surface area contributed by atoms with E-state index in [9.17, 15) is 9.18 Å². The van der Waals surface area contributed by atoms with Gasteiger partial charge in [0.2, 0.25) is 0 Å². The van der Waals surface area contributed by atoms with Crippen LogP contribution < -0.4 is 0 Å². The Kier molecular flexibility index (Phi) is 3.60. The van der Waals surface area contributed by atoms with E-state index in [1.807, 2.05) is 6.92 Å². The molecule has 122 valence electrons. The first-order valence-electron chi connectivity index (χ1n) is 7.63. The van der Waals surface area contributed by atoms with Gasteiger partial charge in [-0.25, -0.2) is 13.9 Å². The molecular weight excluding hydrogens is 375 g/mol. The van der Waals surface area contributed by atoms with E-state index in [1.54, 1.807) is 40.0 Å². The molecule has 4 rings (SSSR count). The molecule has 0 spiro atoms. The lowest BCUT2D eigenvalue weighted by Gasteiger charge is -2.34. The summed E-state index contributed by atoms with van der Waals surface area (Å²) in [5.74, 6) is -0.378. The maximum atomic E-state index is 13.4. The summed E-state index contributed by atoms with van der Waals surface area (Å²) in [6.07, 6.45) is 4.07. The van der Waals surface area contributed by atoms with Gasteiger partial charge in [-0.1, -0.05) is 6.07 Å². The zero-order valence-corrected chi connectivity index (χ0v) is 14.5. The Labute approximate surface area is 146 Å². The van der Waals surface area contributed by atoms with Crippen LogP contribution in [0.3, 0.4) is 0 Å². The summed E-state index contributed by atoms with van der Waals surface area (Å²) in [6.45, 7) is 2.50. The first kappa shape index (κ1) is 15.3. The number of nitrogens with zero attached hydrogens (tertiary/aromatic N) is 4. The molecule has 24 heavy (non-hydrogen) atoms. The molecule has 0 saturated carbocycles. The highest BCUT2D eigenvalue weighted by atomic mass is 79.9. The maximum absolute atomic E-state index is 13.4. The Morgan fingerprint density at radius 3 is 3.04 bits per heavy atom. The summed E-state index contributed by atoms with van der Waals surface area (Å²) >= 11 is 3.34. The first-order valence-corrected chi connectivity index (χ1v) is 8.42. The Morgan fingerprint density at radius 1 is 1.38 bits per heavy atom. The van der Waals surface area contributed by atoms with E-state index in [-0.39, 0.29) is 17.8 Å². The van der Waals surface area contributed by atoms with Crippen molar-refractivity contribution in [3.8, 4) is 0 Å². The zero-order valence-electron chi connectivity index (χ0n) is 12.9. The molecule has 0 radical (unpaired) electrons. The number of amides is 1. The maximum Gasteiger partial charge on any atom is 0.274 e. The van der Waals surface area contributed by atoms with Crippen LogP contribution in [0.4, 0.5) is 4.39 Å². The van der Waals surface area contributed by atoms with Gasteiger partial charge in [0.05, 0.1) is 10.5 Å². The highest BCUT2D eigenvalue weighted by molar-refractivity contribution is 9.10. The standard InChI is InChI=1S/C17H14BrFN4O/c1-10-14-3-2-13(19)6-11(14)4-5-22(10)17(24)15-7-16-20-8-12(18)9-23(16)21-15/h2-3,6-10H,4-5H2,1H3. The number of halogens is 2. The third-order valence-electron chi connectivity index (χ3n) is 4.41. The molecule has 3 heterocycles. The highest BCUT2D eigenvalue weighted by Crippen LogP contribution is 2.30. The lowest BCUT2D eigenvalue weighted by atomic mass is 9.93. The largest absolute Gasteiger partial charge is 0.330 e. The molecule has 7 heteroatoms. The molecule has 1 amide bonds. The molecule has 1 aliphatic heterocycles. The second kappa shape index (κ2) is 5.66. The van der Waals surface area contributed by atoms with Crippen molar-refractivity contribution in [1.82, 2.24) is 19.5 Å². The first-order chi connectivity index (χ1) is 11.5. The van der Waals surface area contributed by atoms with E-state index in [1.165, 1.54) is 6.07 Å². The predicted octanol–water partition coefficient (Wildman–Crippen LogP) is 3.39. The van der Waals surface area contributed by atoms with Crippen molar-refractivity contribution >= 4 is 27.5 Å². The van der Waals surface area contributed by atoms with Crippen LogP contribution in [0.15, 0.2) is 41.1 Å². The lowest BCUT2D eigenvalue weighted by molar-refractivity contribution is 0.0671. The predicted molar refractivity (Wildman–Crippen MR) is 90.2 cm³/mol. The van der Waals surface area contributed by atoms with Gasteiger partial charge in [0.1, 0.15) is 5.82 Å². The number of aromatic nitrogens is 3. The monoisotopic (exact) mass is 388 g/mol. The number of hydrogen-bond acceptors (Lipinski definition) is 3. The minimum Gasteiger partial charge on any atom is -0.330 e. The number of carbonyl (C=O) groups excluding carboxylic acids is 1. The minimum atomic E-state index is -0.238. The number of hydrogen-bond donors (Lipinski definition) is 0. The van der Waals surface area contributed by atoms with Crippen LogP contribution >= 0.6 is 15.9 Å². The fraction of sp³-hybridized carbons (Fsp3) is 0.235. The van der Waals surface area contributed by atoms with Gasteiger partial charge in [0.25, 0.3) is 5.91 Å². The Bertz CT molecular complexity index is 955. The third-order valence-corrected chi connectivity index (χ3v) is 4.82. The molecule has 0 fully saturated rings. The molecule has 0 N–H and O–H groups in total. The molecule has 0 aliphatic carbocycles. The second-order valence-corrected chi connectivity index (χ2v) is 6.79. The molecular formula is C17H14BrFN4O. The summed E-state index contributed by atoms with van der Waals surface area (Å²) in [5.41, 5.74) is 2.93. The summed E-state index contributed by atoms with van der Waals surface area (Å²) < 4.78 is 15.8. The fourth-order valence-corrected chi connectivity index (χ4v) is 3.48. The number of rotatable bonds is 1. The highest BCUT2D eigenvalue weighted by Gasteiger charge is 2.29. The van der Waals surface area contributed by atoms with Crippen molar-refractivity contribution in [3.63, 3.8) is 0 Å². The minimum absolute atomic E-state index is 0.119. The van der Waals surface area contributed by atoms with Gasteiger partial charge in [-0.3, -0.25) is 4.79 Å². The number of benzene rings is 1. The molecule has 0 saturated heterocycles. The van der Waals surface area contributed by atoms with Gasteiger partial charge in [0.15, 0.2) is 11.3 Å². The topological polar surface area (TPSA) is 50.5 Å². The molecule has 1 aromatic carbocycles. The van der Waals surface area contributed by atoms with Crippen LogP contribution in [0.2, 0.25) is 0 Å². The fourth-order valence-electron chi connectivity index (χ4n) is 3.18. The van der Waals surface area contributed by atoms with Gasteiger partial charge >= 0.3 is 0 Å². The average molecular weight is 389 g/mol. The molecule has 5 nitrogen and oxygen atoms in total. The number of carbonyl (C=O) groups is 1. The molecule has 0 bridgehead atoms. The molecule has 2 aromatic heterocycles. The van der Waals surface area contributed by atoms with Crippen molar-refractivity contribution in [2.75, 3.05) is 6.54 Å². The van der Waals surface area contributed by atoms with Crippen LogP contribution in [0.1, 0.15) is 34.6 Å². The summed E-state index contributed by atoms with van der Waals surface area (Å²) in [5, 5.41) is 4.33. The molecule has 1 aliphatic rings. The van der Waals surface area contributed by atoms with Crippen LogP contribution in [-0.4, -0.2) is 31.9 Å². The van der Waals surface area contributed by atoms with Gasteiger partial charge < -0.3 is 4.90 Å². The van der Waals surface area contributed by atoms with E-state index in [0.717, 1.165) is 15.6 Å². The Balaban J connectivity index is 1.67. The quantitative estimate of drug-likeness (QED) is 0.641. The van der Waals surface area contributed by atoms with Crippen LogP contribution in [0.5, 0.6) is 0 Å². The van der Waals surface area contributed by atoms with Gasteiger partial charge in [-0.05, 0) is 52.5 Å². The normalized spacial score (nSPS) is 17.1. The van der Waals surface area contributed by atoms with Crippen molar-refractivity contribution < 1.29 is 9.18 Å². The average Bonchev–Trinajstić information content (AvgIpc) is 2.97. The number of fused-ring (bicyclic) bond motifs is 2. The van der Waals surface area contributed by atoms with Crippen molar-refractivity contribution in [1.29, 1.82) is 0 Å². The van der Waals surface area contributed by atoms with E-state index >= 15 is 0 Å². The van der Waals surface area contributed by atoms with Gasteiger partial charge in [0, 0.05) is 25.0 Å². The SMILES string of the molecule is CC1c2ccc(F)cc2CCN1C(=O)c1cc2ncc(Br)cn2n1. The van der Waals surface area contributed by atoms with Crippen LogP contribution in [-0.2, 0) is 6.42 Å². The van der Waals surface area contributed by atoms with E-state index < -0.39 is 0 Å². The van der Waals surface area contributed by atoms with Crippen LogP contribution in [0.25, 0.3) is 5.65 Å². The van der Waals surface area contributed by atoms with E-state index in [0.29, 0.717) is 24.3 Å². The summed E-state index contributed by atoms with van der Waals surface area (Å²) in [7, 11) is 0. The molecule has 1 atom stereocenters. The summed E-state index contributed by atoms with van der Waals surface area (Å²) in [4.78, 5) is 18.9. The van der Waals surface area contributed by atoms with Gasteiger partial charge in [-0.2, -0.15) is 5.10 Å². The zero-order chi connectivity index (χ0) is 16.8. The van der Waals surface area contributed by atoms with Gasteiger partial charge in [-0.15, -0.1) is 0 Å². The van der Waals surface area contributed by atoms with Crippen LogP contribution in [0, 0.1) is 5.82 Å². The van der Waals surface area contributed by atoms with Crippen molar-refractivity contribution in [2.24, 2.45) is 0 Å². The molecule has 3 aromatic rings. The van der Waals surface area contributed by atoms with Crippen molar-refractivity contribution in [3.05, 3.63) is 63.8 Å². The summed E-state index contributed by atoms with van der Waals surface area (Å²) in [6, 6.07) is 6.32. The Morgan fingerprint density at radius 2 is 2.21 bits per heavy atom. The van der Waals surface area contributed by atoms with Crippen molar-refractivity contribution in [2.45, 2.75) is 19.4 Å². The second-order valence-electron chi connectivity index (χ2n) is 5.87. The molecule has 1 unspecified atom stereocenters. The lowest BCUT2D eigenvalue weighted by Crippen LogP contribution is -2.39. The smallest absolute Gasteiger partial charge is 0.274 e. The van der Waals surface area contributed by atoms with E-state index in [2.05, 4.69) is 26.0 Å². The Hall–Kier alpha value is -2.28. The van der Waals surface area contributed by atoms with E-state index in [4.69, 9.17) is 0 Å².